The van der Waals surface area contributed by atoms with Crippen molar-refractivity contribution in [1.82, 2.24) is 4.90 Å². The first kappa shape index (κ1) is 18.3. The minimum atomic E-state index is -0.539. The zero-order chi connectivity index (χ0) is 16.4. The van der Waals surface area contributed by atoms with E-state index in [0.717, 1.165) is 5.56 Å². The summed E-state index contributed by atoms with van der Waals surface area (Å²) < 4.78 is 0. The van der Waals surface area contributed by atoms with E-state index in [1.807, 2.05) is 40.7 Å². The van der Waals surface area contributed by atoms with E-state index in [9.17, 15) is 4.79 Å². The summed E-state index contributed by atoms with van der Waals surface area (Å²) >= 11 is 12.0. The zero-order valence-electron chi connectivity index (χ0n) is 13.3. The Morgan fingerprint density at radius 1 is 1.24 bits per heavy atom. The molecular formula is C16H24Cl2N2O. The minimum absolute atomic E-state index is 0.0522. The summed E-state index contributed by atoms with van der Waals surface area (Å²) in [5, 5.41) is 1.000. The summed E-state index contributed by atoms with van der Waals surface area (Å²) in [5.74, 6) is -0.0522. The third-order valence-electron chi connectivity index (χ3n) is 3.44. The molecule has 1 atom stereocenters. The van der Waals surface area contributed by atoms with E-state index in [1.165, 1.54) is 0 Å². The molecule has 1 amide bonds. The van der Waals surface area contributed by atoms with Crippen molar-refractivity contribution in [2.24, 2.45) is 11.1 Å². The van der Waals surface area contributed by atoms with Crippen LogP contribution >= 0.6 is 23.2 Å². The summed E-state index contributed by atoms with van der Waals surface area (Å²) in [7, 11) is 0. The molecule has 1 aromatic rings. The molecule has 1 rings (SSSR count). The van der Waals surface area contributed by atoms with Gasteiger partial charge in [-0.2, -0.15) is 0 Å². The predicted molar refractivity (Wildman–Crippen MR) is 89.6 cm³/mol. The number of hydrogen-bond acceptors (Lipinski definition) is 2. The van der Waals surface area contributed by atoms with Crippen LogP contribution in [0.4, 0.5) is 0 Å². The Balaban J connectivity index is 2.97. The van der Waals surface area contributed by atoms with Gasteiger partial charge in [0.2, 0.25) is 5.91 Å². The second kappa shape index (κ2) is 6.99. The minimum Gasteiger partial charge on any atom is -0.335 e. The van der Waals surface area contributed by atoms with E-state index >= 15 is 0 Å². The molecule has 118 valence electrons. The Kier molecular flexibility index (Phi) is 6.09. The van der Waals surface area contributed by atoms with E-state index in [0.29, 0.717) is 16.6 Å². The van der Waals surface area contributed by atoms with Gasteiger partial charge in [0.15, 0.2) is 0 Å². The molecule has 5 heteroatoms. The van der Waals surface area contributed by atoms with E-state index in [2.05, 4.69) is 0 Å². The number of benzene rings is 1. The van der Waals surface area contributed by atoms with Crippen LogP contribution in [-0.2, 0) is 11.3 Å². The first-order chi connectivity index (χ1) is 9.54. The molecule has 0 aliphatic heterocycles. The van der Waals surface area contributed by atoms with Crippen molar-refractivity contribution in [2.75, 3.05) is 0 Å². The topological polar surface area (TPSA) is 46.3 Å². The molecule has 0 saturated carbocycles. The molecule has 0 spiro atoms. The molecule has 1 aromatic carbocycles. The Morgan fingerprint density at radius 3 is 2.24 bits per heavy atom. The fourth-order valence-electron chi connectivity index (χ4n) is 1.90. The number of hydrogen-bond donors (Lipinski definition) is 1. The van der Waals surface area contributed by atoms with Crippen molar-refractivity contribution in [2.45, 2.75) is 53.2 Å². The van der Waals surface area contributed by atoms with Gasteiger partial charge < -0.3 is 10.6 Å². The van der Waals surface area contributed by atoms with Crippen LogP contribution in [0.5, 0.6) is 0 Å². The van der Waals surface area contributed by atoms with Crippen molar-refractivity contribution in [3.8, 4) is 0 Å². The maximum Gasteiger partial charge on any atom is 0.240 e. The largest absolute Gasteiger partial charge is 0.335 e. The Hall–Kier alpha value is -0.770. The first-order valence-electron chi connectivity index (χ1n) is 7.04. The highest BCUT2D eigenvalue weighted by Gasteiger charge is 2.32. The molecule has 2 N–H and O–H groups in total. The van der Waals surface area contributed by atoms with Crippen LogP contribution in [0.3, 0.4) is 0 Å². The van der Waals surface area contributed by atoms with Gasteiger partial charge in [-0.1, -0.05) is 50.0 Å². The van der Waals surface area contributed by atoms with Crippen LogP contribution in [0.2, 0.25) is 10.0 Å². The zero-order valence-corrected chi connectivity index (χ0v) is 14.8. The Labute approximate surface area is 137 Å². The van der Waals surface area contributed by atoms with Crippen molar-refractivity contribution < 1.29 is 4.79 Å². The summed E-state index contributed by atoms with van der Waals surface area (Å²) in [6.07, 6.45) is 0. The van der Waals surface area contributed by atoms with Crippen LogP contribution < -0.4 is 5.73 Å². The number of nitrogens with two attached hydrogens (primary N) is 1. The number of carbonyl (C=O) groups excluding carboxylic acids is 1. The van der Waals surface area contributed by atoms with Gasteiger partial charge in [0.05, 0.1) is 16.1 Å². The third kappa shape index (κ3) is 4.87. The molecule has 0 fully saturated rings. The molecule has 0 saturated heterocycles. The standard InChI is InChI=1S/C16H24Cl2N2O/c1-10(2)20(15(21)14(19)16(3,4)5)9-11-6-7-12(17)13(18)8-11/h6-8,10,14H,9,19H2,1-5H3. The van der Waals surface area contributed by atoms with Gasteiger partial charge in [-0.25, -0.2) is 0 Å². The fourth-order valence-corrected chi connectivity index (χ4v) is 2.22. The second-order valence-corrected chi connectivity index (χ2v) is 7.47. The summed E-state index contributed by atoms with van der Waals surface area (Å²) in [6.45, 7) is 10.3. The second-order valence-electron chi connectivity index (χ2n) is 6.65. The van der Waals surface area contributed by atoms with Crippen LogP contribution in [0.15, 0.2) is 18.2 Å². The Morgan fingerprint density at radius 2 is 1.81 bits per heavy atom. The molecule has 3 nitrogen and oxygen atoms in total. The maximum atomic E-state index is 12.6. The monoisotopic (exact) mass is 330 g/mol. The predicted octanol–water partition coefficient (Wildman–Crippen LogP) is 4.10. The highest BCUT2D eigenvalue weighted by Crippen LogP contribution is 2.25. The highest BCUT2D eigenvalue weighted by atomic mass is 35.5. The lowest BCUT2D eigenvalue weighted by molar-refractivity contribution is -0.137. The Bertz CT molecular complexity index is 509. The van der Waals surface area contributed by atoms with E-state index in [4.69, 9.17) is 28.9 Å². The molecule has 1 unspecified atom stereocenters. The molecule has 0 aromatic heterocycles. The number of amides is 1. The number of halogens is 2. The van der Waals surface area contributed by atoms with Crippen LogP contribution in [0.25, 0.3) is 0 Å². The lowest BCUT2D eigenvalue weighted by atomic mass is 9.86. The number of nitrogens with zero attached hydrogens (tertiary/aromatic N) is 1. The lowest BCUT2D eigenvalue weighted by Gasteiger charge is -2.34. The van der Waals surface area contributed by atoms with Crippen molar-refractivity contribution in [3.63, 3.8) is 0 Å². The van der Waals surface area contributed by atoms with Crippen molar-refractivity contribution in [1.29, 1.82) is 0 Å². The fraction of sp³-hybridized carbons (Fsp3) is 0.562. The molecule has 0 bridgehead atoms. The average molecular weight is 331 g/mol. The van der Waals surface area contributed by atoms with E-state index < -0.39 is 6.04 Å². The van der Waals surface area contributed by atoms with Gasteiger partial charge in [-0.05, 0) is 37.0 Å². The van der Waals surface area contributed by atoms with Crippen LogP contribution in [-0.4, -0.2) is 22.9 Å². The van der Waals surface area contributed by atoms with Gasteiger partial charge in [0, 0.05) is 12.6 Å². The lowest BCUT2D eigenvalue weighted by Crippen LogP contribution is -2.52. The smallest absolute Gasteiger partial charge is 0.240 e. The molecule has 21 heavy (non-hydrogen) atoms. The highest BCUT2D eigenvalue weighted by molar-refractivity contribution is 6.42. The van der Waals surface area contributed by atoms with Gasteiger partial charge in [-0.3, -0.25) is 4.79 Å². The van der Waals surface area contributed by atoms with Gasteiger partial charge in [-0.15, -0.1) is 0 Å². The van der Waals surface area contributed by atoms with Crippen molar-refractivity contribution in [3.05, 3.63) is 33.8 Å². The normalized spacial score (nSPS) is 13.4. The van der Waals surface area contributed by atoms with Gasteiger partial charge in [0.1, 0.15) is 0 Å². The van der Waals surface area contributed by atoms with E-state index in [1.54, 1.807) is 17.0 Å². The molecule has 0 radical (unpaired) electrons. The van der Waals surface area contributed by atoms with E-state index in [-0.39, 0.29) is 17.4 Å². The molecule has 0 aliphatic carbocycles. The van der Waals surface area contributed by atoms with Gasteiger partial charge >= 0.3 is 0 Å². The molecular weight excluding hydrogens is 307 g/mol. The quantitative estimate of drug-likeness (QED) is 0.903. The van der Waals surface area contributed by atoms with Crippen LogP contribution in [0, 0.1) is 5.41 Å². The molecule has 0 aliphatic rings. The summed E-state index contributed by atoms with van der Waals surface area (Å²) in [4.78, 5) is 14.4. The number of rotatable bonds is 4. The third-order valence-corrected chi connectivity index (χ3v) is 4.18. The SMILES string of the molecule is CC(C)N(Cc1ccc(Cl)c(Cl)c1)C(=O)C(N)C(C)(C)C. The maximum absolute atomic E-state index is 12.6. The summed E-state index contributed by atoms with van der Waals surface area (Å²) in [6, 6.07) is 4.92. The summed E-state index contributed by atoms with van der Waals surface area (Å²) in [5.41, 5.74) is 6.76. The van der Waals surface area contributed by atoms with Gasteiger partial charge in [0.25, 0.3) is 0 Å². The average Bonchev–Trinajstić information content (AvgIpc) is 2.36. The number of carbonyl (C=O) groups is 1. The van der Waals surface area contributed by atoms with Crippen LogP contribution in [0.1, 0.15) is 40.2 Å². The van der Waals surface area contributed by atoms with Crippen molar-refractivity contribution >= 4 is 29.1 Å². The first-order valence-corrected chi connectivity index (χ1v) is 7.79. The molecule has 0 heterocycles.